The van der Waals surface area contributed by atoms with Crippen molar-refractivity contribution in [1.29, 1.82) is 0 Å². The Morgan fingerprint density at radius 2 is 1.95 bits per heavy atom. The van der Waals surface area contributed by atoms with Gasteiger partial charge in [0.05, 0.1) is 6.61 Å². The van der Waals surface area contributed by atoms with Crippen LogP contribution in [0.15, 0.2) is 42.5 Å². The maximum Gasteiger partial charge on any atom is 0.258 e. The Morgan fingerprint density at radius 3 is 2.74 bits per heavy atom. The minimum Gasteiger partial charge on any atom is -0.484 e. The van der Waals surface area contributed by atoms with Gasteiger partial charge in [-0.15, -0.1) is 0 Å². The van der Waals surface area contributed by atoms with Gasteiger partial charge in [-0.3, -0.25) is 4.79 Å². The van der Waals surface area contributed by atoms with Crippen molar-refractivity contribution in [3.63, 3.8) is 0 Å². The predicted octanol–water partition coefficient (Wildman–Crippen LogP) is 1.98. The Bertz CT molecular complexity index is 554. The van der Waals surface area contributed by atoms with E-state index >= 15 is 0 Å². The fourth-order valence-electron chi connectivity index (χ4n) is 1.75. The number of carbonyl (C=O) groups is 1. The van der Waals surface area contributed by atoms with E-state index in [9.17, 15) is 4.79 Å². The van der Waals surface area contributed by atoms with Crippen molar-refractivity contribution in [2.45, 2.75) is 0 Å². The minimum atomic E-state index is -0.148. The zero-order valence-electron chi connectivity index (χ0n) is 10.9. The molecule has 1 N–H and O–H groups in total. The van der Waals surface area contributed by atoms with Crippen molar-refractivity contribution in [3.05, 3.63) is 42.5 Å². The average Bonchev–Trinajstić information content (AvgIpc) is 2.45. The van der Waals surface area contributed by atoms with Gasteiger partial charge < -0.3 is 14.8 Å². The fourth-order valence-corrected chi connectivity index (χ4v) is 1.75. The van der Waals surface area contributed by atoms with Crippen molar-refractivity contribution in [1.82, 2.24) is 5.32 Å². The highest BCUT2D eigenvalue weighted by Gasteiger charge is 2.02. The molecule has 0 radical (unpaired) electrons. The number of ether oxygens (including phenoxy) is 2. The quantitative estimate of drug-likeness (QED) is 0.807. The first-order valence-corrected chi connectivity index (χ1v) is 6.17. The number of methoxy groups -OCH3 is 1. The number of nitrogens with one attached hydrogen (secondary N) is 1. The smallest absolute Gasteiger partial charge is 0.258 e. The second-order valence-electron chi connectivity index (χ2n) is 4.14. The highest BCUT2D eigenvalue weighted by molar-refractivity contribution is 5.84. The van der Waals surface area contributed by atoms with E-state index in [0.717, 1.165) is 10.8 Å². The molecule has 0 heterocycles. The van der Waals surface area contributed by atoms with Crippen molar-refractivity contribution < 1.29 is 14.3 Å². The summed E-state index contributed by atoms with van der Waals surface area (Å²) in [6.07, 6.45) is 0. The molecule has 0 atom stereocenters. The molecule has 0 bridgehead atoms. The molecule has 1 amide bonds. The monoisotopic (exact) mass is 259 g/mol. The summed E-state index contributed by atoms with van der Waals surface area (Å²) in [6.45, 7) is 1.01. The van der Waals surface area contributed by atoms with E-state index in [1.165, 1.54) is 0 Å². The van der Waals surface area contributed by atoms with Crippen LogP contribution >= 0.6 is 0 Å². The molecule has 0 saturated carbocycles. The van der Waals surface area contributed by atoms with Crippen LogP contribution in [-0.4, -0.2) is 32.8 Å². The normalized spacial score (nSPS) is 10.4. The van der Waals surface area contributed by atoms with E-state index in [1.807, 2.05) is 42.5 Å². The number of fused-ring (bicyclic) bond motifs is 1. The van der Waals surface area contributed by atoms with Gasteiger partial charge in [-0.1, -0.05) is 30.3 Å². The van der Waals surface area contributed by atoms with Crippen LogP contribution in [0.2, 0.25) is 0 Å². The molecule has 0 unspecified atom stereocenters. The summed E-state index contributed by atoms with van der Waals surface area (Å²) < 4.78 is 10.3. The van der Waals surface area contributed by atoms with Crippen LogP contribution in [0, 0.1) is 0 Å². The summed E-state index contributed by atoms with van der Waals surface area (Å²) in [5, 5.41) is 4.95. The number of carbonyl (C=O) groups excluding carboxylic acids is 1. The second kappa shape index (κ2) is 6.75. The molecule has 4 heteroatoms. The lowest BCUT2D eigenvalue weighted by molar-refractivity contribution is -0.123. The van der Waals surface area contributed by atoms with E-state index in [2.05, 4.69) is 5.32 Å². The predicted molar refractivity (Wildman–Crippen MR) is 74.3 cm³/mol. The molecular formula is C15H17NO3. The van der Waals surface area contributed by atoms with Gasteiger partial charge in [0.15, 0.2) is 6.61 Å². The van der Waals surface area contributed by atoms with E-state index in [0.29, 0.717) is 18.9 Å². The van der Waals surface area contributed by atoms with Crippen molar-refractivity contribution in [2.75, 3.05) is 26.9 Å². The van der Waals surface area contributed by atoms with Gasteiger partial charge in [-0.25, -0.2) is 0 Å². The molecule has 0 saturated heterocycles. The van der Waals surface area contributed by atoms with Crippen molar-refractivity contribution >= 4 is 16.7 Å². The minimum absolute atomic E-state index is 0.0159. The molecule has 2 aromatic rings. The summed E-state index contributed by atoms with van der Waals surface area (Å²) in [7, 11) is 1.59. The van der Waals surface area contributed by atoms with E-state index in [1.54, 1.807) is 7.11 Å². The number of rotatable bonds is 6. The first-order valence-electron chi connectivity index (χ1n) is 6.17. The van der Waals surface area contributed by atoms with Crippen LogP contribution in [0.3, 0.4) is 0 Å². The average molecular weight is 259 g/mol. The molecule has 2 rings (SSSR count). The maximum atomic E-state index is 11.5. The van der Waals surface area contributed by atoms with E-state index < -0.39 is 0 Å². The molecule has 19 heavy (non-hydrogen) atoms. The van der Waals surface area contributed by atoms with Gasteiger partial charge in [-0.2, -0.15) is 0 Å². The lowest BCUT2D eigenvalue weighted by Crippen LogP contribution is -2.31. The fraction of sp³-hybridized carbons (Fsp3) is 0.267. The zero-order valence-corrected chi connectivity index (χ0v) is 10.9. The van der Waals surface area contributed by atoms with E-state index in [-0.39, 0.29) is 12.5 Å². The molecular weight excluding hydrogens is 242 g/mol. The van der Waals surface area contributed by atoms with Crippen LogP contribution in [0.4, 0.5) is 0 Å². The first-order chi connectivity index (χ1) is 9.29. The molecule has 0 aromatic heterocycles. The lowest BCUT2D eigenvalue weighted by atomic mass is 10.1. The lowest BCUT2D eigenvalue weighted by Gasteiger charge is -2.08. The van der Waals surface area contributed by atoms with Gasteiger partial charge in [-0.05, 0) is 22.9 Å². The highest BCUT2D eigenvalue weighted by atomic mass is 16.5. The van der Waals surface area contributed by atoms with Crippen molar-refractivity contribution in [3.8, 4) is 5.75 Å². The van der Waals surface area contributed by atoms with Gasteiger partial charge in [0.2, 0.25) is 0 Å². The Hall–Kier alpha value is -2.07. The Balaban J connectivity index is 1.89. The largest absolute Gasteiger partial charge is 0.484 e. The van der Waals surface area contributed by atoms with Crippen LogP contribution < -0.4 is 10.1 Å². The molecule has 4 nitrogen and oxygen atoms in total. The van der Waals surface area contributed by atoms with Crippen LogP contribution in [-0.2, 0) is 9.53 Å². The molecule has 0 aliphatic rings. The second-order valence-corrected chi connectivity index (χ2v) is 4.14. The topological polar surface area (TPSA) is 47.6 Å². The zero-order chi connectivity index (χ0) is 13.5. The van der Waals surface area contributed by atoms with Crippen LogP contribution in [0.5, 0.6) is 5.75 Å². The molecule has 0 aliphatic carbocycles. The number of hydrogen-bond acceptors (Lipinski definition) is 3. The number of hydrogen-bond donors (Lipinski definition) is 1. The SMILES string of the molecule is COCCNC(=O)COc1ccc2ccccc2c1. The first kappa shape index (κ1) is 13.4. The standard InChI is InChI=1S/C15H17NO3/c1-18-9-8-16-15(17)11-19-14-7-6-12-4-2-3-5-13(12)10-14/h2-7,10H,8-9,11H2,1H3,(H,16,17). The van der Waals surface area contributed by atoms with Gasteiger partial charge >= 0.3 is 0 Å². The Morgan fingerprint density at radius 1 is 1.16 bits per heavy atom. The summed E-state index contributed by atoms with van der Waals surface area (Å²) >= 11 is 0. The third-order valence-corrected chi connectivity index (χ3v) is 2.72. The summed E-state index contributed by atoms with van der Waals surface area (Å²) in [6, 6.07) is 13.8. The third kappa shape index (κ3) is 3.96. The summed E-state index contributed by atoms with van der Waals surface area (Å²) in [4.78, 5) is 11.5. The van der Waals surface area contributed by atoms with Crippen molar-refractivity contribution in [2.24, 2.45) is 0 Å². The Labute approximate surface area is 112 Å². The molecule has 0 aliphatic heterocycles. The van der Waals surface area contributed by atoms with Crippen LogP contribution in [0.1, 0.15) is 0 Å². The number of amides is 1. The van der Waals surface area contributed by atoms with Gasteiger partial charge in [0.1, 0.15) is 5.75 Å². The molecule has 0 spiro atoms. The third-order valence-electron chi connectivity index (χ3n) is 2.72. The maximum absolute atomic E-state index is 11.5. The van der Waals surface area contributed by atoms with Gasteiger partial charge in [0.25, 0.3) is 5.91 Å². The molecule has 100 valence electrons. The highest BCUT2D eigenvalue weighted by Crippen LogP contribution is 2.20. The van der Waals surface area contributed by atoms with Gasteiger partial charge in [0, 0.05) is 13.7 Å². The molecule has 2 aromatic carbocycles. The van der Waals surface area contributed by atoms with E-state index in [4.69, 9.17) is 9.47 Å². The summed E-state index contributed by atoms with van der Waals surface area (Å²) in [5.74, 6) is 0.547. The Kier molecular flexibility index (Phi) is 4.75. The molecule has 0 fully saturated rings. The van der Waals surface area contributed by atoms with Crippen LogP contribution in [0.25, 0.3) is 10.8 Å². The number of benzene rings is 2. The summed E-state index contributed by atoms with van der Waals surface area (Å²) in [5.41, 5.74) is 0.